The second kappa shape index (κ2) is 14.5. The largest absolute Gasteiger partial charge is 0.355 e. The number of aryl methyl sites for hydroxylation is 1. The third-order valence-electron chi connectivity index (χ3n) is 6.51. The molecule has 0 aromatic heterocycles. The zero-order valence-corrected chi connectivity index (χ0v) is 25.3. The molecule has 10 heteroatoms. The van der Waals surface area contributed by atoms with E-state index in [1.165, 1.54) is 4.31 Å². The Morgan fingerprint density at radius 2 is 1.65 bits per heavy atom. The number of carbonyl (C=O) groups is 2. The van der Waals surface area contributed by atoms with E-state index in [9.17, 15) is 18.0 Å². The molecule has 3 aromatic carbocycles. The fourth-order valence-corrected chi connectivity index (χ4v) is 5.87. The first-order chi connectivity index (χ1) is 19.0. The molecule has 0 aliphatic rings. The van der Waals surface area contributed by atoms with Crippen LogP contribution < -0.4 is 9.62 Å². The summed E-state index contributed by atoms with van der Waals surface area (Å²) in [6, 6.07) is 21.0. The van der Waals surface area contributed by atoms with Crippen LogP contribution in [-0.4, -0.2) is 50.5 Å². The molecule has 3 rings (SSSR count). The second-order valence-electron chi connectivity index (χ2n) is 9.58. The number of amides is 2. The van der Waals surface area contributed by atoms with Crippen molar-refractivity contribution in [1.29, 1.82) is 0 Å². The van der Waals surface area contributed by atoms with Gasteiger partial charge >= 0.3 is 0 Å². The van der Waals surface area contributed by atoms with Gasteiger partial charge in [-0.1, -0.05) is 77.8 Å². The van der Waals surface area contributed by atoms with Crippen LogP contribution in [0.25, 0.3) is 0 Å². The third kappa shape index (κ3) is 8.71. The molecular weight excluding hydrogens is 569 g/mol. The minimum absolute atomic E-state index is 0.0286. The summed E-state index contributed by atoms with van der Waals surface area (Å²) in [5.41, 5.74) is 2.85. The van der Waals surface area contributed by atoms with Crippen molar-refractivity contribution in [3.63, 3.8) is 0 Å². The Balaban J connectivity index is 1.89. The van der Waals surface area contributed by atoms with Gasteiger partial charge in [-0.15, -0.1) is 0 Å². The Morgan fingerprint density at radius 3 is 2.30 bits per heavy atom. The van der Waals surface area contributed by atoms with Gasteiger partial charge in [0.05, 0.1) is 11.9 Å². The number of sulfonamides is 1. The zero-order chi connectivity index (χ0) is 29.3. The number of nitrogens with zero attached hydrogens (tertiary/aromatic N) is 2. The molecule has 0 saturated heterocycles. The summed E-state index contributed by atoms with van der Waals surface area (Å²) >= 11 is 12.6. The molecule has 0 radical (unpaired) electrons. The predicted octanol–water partition coefficient (Wildman–Crippen LogP) is 5.62. The summed E-state index contributed by atoms with van der Waals surface area (Å²) in [5, 5.41) is 3.78. The predicted molar refractivity (Wildman–Crippen MR) is 162 cm³/mol. The van der Waals surface area contributed by atoms with E-state index in [2.05, 4.69) is 5.32 Å². The number of hydrogen-bond donors (Lipinski definition) is 1. The second-order valence-corrected chi connectivity index (χ2v) is 12.3. The number of rotatable bonds is 13. The highest BCUT2D eigenvalue weighted by molar-refractivity contribution is 7.92. The Kier molecular flexibility index (Phi) is 11.4. The highest BCUT2D eigenvalue weighted by Gasteiger charge is 2.30. The van der Waals surface area contributed by atoms with E-state index in [0.29, 0.717) is 34.3 Å². The van der Waals surface area contributed by atoms with Crippen molar-refractivity contribution in [2.45, 2.75) is 45.7 Å². The SMILES string of the molecule is CCNC(=O)[C@H](Cc1ccccc1)N(Cc1ccccc1Cl)C(=O)CCCN(c1cc(Cl)ccc1C)S(C)(=O)=O. The summed E-state index contributed by atoms with van der Waals surface area (Å²) < 4.78 is 26.6. The lowest BCUT2D eigenvalue weighted by molar-refractivity contribution is -0.141. The van der Waals surface area contributed by atoms with Crippen LogP contribution in [0.4, 0.5) is 5.69 Å². The fraction of sp³-hybridized carbons (Fsp3) is 0.333. The highest BCUT2D eigenvalue weighted by atomic mass is 35.5. The topological polar surface area (TPSA) is 86.8 Å². The normalized spacial score (nSPS) is 12.0. The lowest BCUT2D eigenvalue weighted by Crippen LogP contribution is -2.50. The van der Waals surface area contributed by atoms with Crippen molar-refractivity contribution >= 4 is 50.7 Å². The van der Waals surface area contributed by atoms with Crippen molar-refractivity contribution in [1.82, 2.24) is 10.2 Å². The van der Waals surface area contributed by atoms with E-state index in [4.69, 9.17) is 23.2 Å². The molecule has 0 heterocycles. The zero-order valence-electron chi connectivity index (χ0n) is 22.9. The minimum atomic E-state index is -3.64. The van der Waals surface area contributed by atoms with E-state index < -0.39 is 16.1 Å². The average molecular weight is 605 g/mol. The van der Waals surface area contributed by atoms with Crippen molar-refractivity contribution in [2.24, 2.45) is 0 Å². The molecule has 214 valence electrons. The van der Waals surface area contributed by atoms with Gasteiger partial charge < -0.3 is 10.2 Å². The summed E-state index contributed by atoms with van der Waals surface area (Å²) in [7, 11) is -3.64. The standard InChI is InChI=1S/C30H35Cl2N3O4S/c1-4-33-30(37)28(19-23-11-6-5-7-12-23)34(21-24-13-8-9-14-26(24)32)29(36)15-10-18-35(40(3,38)39)27-20-25(31)17-16-22(27)2/h5-9,11-14,16-17,20,28H,4,10,15,18-19,21H2,1-3H3,(H,33,37)/t28-/m0/s1. The van der Waals surface area contributed by atoms with Gasteiger partial charge in [-0.2, -0.15) is 0 Å². The molecule has 2 amide bonds. The molecule has 40 heavy (non-hydrogen) atoms. The maximum atomic E-state index is 13.8. The van der Waals surface area contributed by atoms with Crippen molar-refractivity contribution in [3.8, 4) is 0 Å². The summed E-state index contributed by atoms with van der Waals surface area (Å²) in [6.45, 7) is 4.27. The average Bonchev–Trinajstić information content (AvgIpc) is 2.91. The first-order valence-electron chi connectivity index (χ1n) is 13.1. The summed E-state index contributed by atoms with van der Waals surface area (Å²) in [5.74, 6) is -0.539. The van der Waals surface area contributed by atoms with Gasteiger partial charge in [-0.05, 0) is 55.2 Å². The van der Waals surface area contributed by atoms with Gasteiger partial charge in [-0.25, -0.2) is 8.42 Å². The molecule has 1 N–H and O–H groups in total. The molecule has 0 bridgehead atoms. The Labute approximate surface area is 247 Å². The number of carbonyl (C=O) groups excluding carboxylic acids is 2. The monoisotopic (exact) mass is 603 g/mol. The van der Waals surface area contributed by atoms with Crippen LogP contribution in [0.1, 0.15) is 36.5 Å². The minimum Gasteiger partial charge on any atom is -0.355 e. The number of hydrogen-bond acceptors (Lipinski definition) is 4. The van der Waals surface area contributed by atoms with Gasteiger partial charge in [0, 0.05) is 42.5 Å². The maximum Gasteiger partial charge on any atom is 0.243 e. The van der Waals surface area contributed by atoms with Crippen molar-refractivity contribution < 1.29 is 18.0 Å². The third-order valence-corrected chi connectivity index (χ3v) is 8.30. The summed E-state index contributed by atoms with van der Waals surface area (Å²) in [6.07, 6.45) is 1.72. The van der Waals surface area contributed by atoms with Gasteiger partial charge in [0.15, 0.2) is 0 Å². The lowest BCUT2D eigenvalue weighted by Gasteiger charge is -2.32. The number of likely N-dealkylation sites (N-methyl/N-ethyl adjacent to an activating group) is 1. The van der Waals surface area contributed by atoms with Crippen LogP contribution in [0.3, 0.4) is 0 Å². The van der Waals surface area contributed by atoms with Crippen LogP contribution in [0.2, 0.25) is 10.0 Å². The quantitative estimate of drug-likeness (QED) is 0.274. The van der Waals surface area contributed by atoms with Gasteiger partial charge in [0.1, 0.15) is 6.04 Å². The molecular formula is C30H35Cl2N3O4S. The molecule has 0 spiro atoms. The highest BCUT2D eigenvalue weighted by Crippen LogP contribution is 2.27. The van der Waals surface area contributed by atoms with Crippen molar-refractivity contribution in [3.05, 3.63) is 99.5 Å². The number of halogens is 2. The van der Waals surface area contributed by atoms with Gasteiger partial charge in [0.2, 0.25) is 21.8 Å². The lowest BCUT2D eigenvalue weighted by atomic mass is 10.0. The van der Waals surface area contributed by atoms with Crippen LogP contribution in [-0.2, 0) is 32.6 Å². The van der Waals surface area contributed by atoms with Gasteiger partial charge in [0.25, 0.3) is 0 Å². The van der Waals surface area contributed by atoms with E-state index in [1.807, 2.05) is 49.4 Å². The van der Waals surface area contributed by atoms with E-state index in [0.717, 1.165) is 17.4 Å². The smallest absolute Gasteiger partial charge is 0.243 e. The fourth-order valence-electron chi connectivity index (χ4n) is 4.49. The van der Waals surface area contributed by atoms with E-state index in [1.54, 1.807) is 42.2 Å². The molecule has 0 saturated carbocycles. The first kappa shape index (κ1) is 31.5. The molecule has 7 nitrogen and oxygen atoms in total. The number of benzene rings is 3. The van der Waals surface area contributed by atoms with E-state index in [-0.39, 0.29) is 37.7 Å². The molecule has 0 unspecified atom stereocenters. The first-order valence-corrected chi connectivity index (χ1v) is 15.7. The molecule has 0 aliphatic heterocycles. The Hall–Kier alpha value is -3.07. The van der Waals surface area contributed by atoms with Crippen LogP contribution in [0.15, 0.2) is 72.8 Å². The van der Waals surface area contributed by atoms with Crippen LogP contribution >= 0.6 is 23.2 Å². The summed E-state index contributed by atoms with van der Waals surface area (Å²) in [4.78, 5) is 28.7. The van der Waals surface area contributed by atoms with Gasteiger partial charge in [-0.3, -0.25) is 13.9 Å². The molecule has 1 atom stereocenters. The van der Waals surface area contributed by atoms with Crippen molar-refractivity contribution in [2.75, 3.05) is 23.7 Å². The van der Waals surface area contributed by atoms with Crippen LogP contribution in [0.5, 0.6) is 0 Å². The molecule has 0 fully saturated rings. The van der Waals surface area contributed by atoms with Crippen LogP contribution in [0, 0.1) is 6.92 Å². The number of nitrogens with one attached hydrogen (secondary N) is 1. The molecule has 3 aromatic rings. The number of anilines is 1. The Morgan fingerprint density at radius 1 is 0.975 bits per heavy atom. The maximum absolute atomic E-state index is 13.8. The Bertz CT molecular complexity index is 1420. The van der Waals surface area contributed by atoms with E-state index >= 15 is 0 Å². The molecule has 0 aliphatic carbocycles.